The fourth-order valence-electron chi connectivity index (χ4n) is 1.22. The molecule has 2 rings (SSSR count). The maximum atomic E-state index is 6.08. The molecule has 0 aliphatic heterocycles. The number of aromatic nitrogens is 2. The van der Waals surface area contributed by atoms with Crippen LogP contribution in [-0.4, -0.2) is 9.78 Å². The zero-order valence-electron chi connectivity index (χ0n) is 7.32. The van der Waals surface area contributed by atoms with Crippen LogP contribution >= 0.6 is 27.5 Å². The van der Waals surface area contributed by atoms with Crippen LogP contribution in [0.5, 0.6) is 0 Å². The summed E-state index contributed by atoms with van der Waals surface area (Å²) in [6, 6.07) is 7.76. The fraction of sp³-hybridized carbons (Fsp3) is 0.100. The van der Waals surface area contributed by atoms with Crippen molar-refractivity contribution in [3.63, 3.8) is 0 Å². The zero-order chi connectivity index (χ0) is 9.97. The molecule has 0 bridgehead atoms. The predicted molar refractivity (Wildman–Crippen MR) is 60.5 cm³/mol. The van der Waals surface area contributed by atoms with Crippen LogP contribution in [0.3, 0.4) is 0 Å². The van der Waals surface area contributed by atoms with Gasteiger partial charge in [-0.1, -0.05) is 33.6 Å². The van der Waals surface area contributed by atoms with Gasteiger partial charge in [-0.15, -0.1) is 0 Å². The monoisotopic (exact) mass is 270 g/mol. The molecule has 1 aromatic heterocycles. The van der Waals surface area contributed by atoms with Crippen molar-refractivity contribution in [3.8, 4) is 0 Å². The van der Waals surface area contributed by atoms with Crippen LogP contribution in [0.2, 0.25) is 5.02 Å². The average molecular weight is 272 g/mol. The van der Waals surface area contributed by atoms with Gasteiger partial charge in [-0.2, -0.15) is 5.10 Å². The molecule has 0 unspecified atom stereocenters. The van der Waals surface area contributed by atoms with Crippen LogP contribution in [0.25, 0.3) is 0 Å². The molecule has 14 heavy (non-hydrogen) atoms. The van der Waals surface area contributed by atoms with E-state index in [1.807, 2.05) is 35.1 Å². The Bertz CT molecular complexity index is 426. The van der Waals surface area contributed by atoms with E-state index in [0.29, 0.717) is 6.54 Å². The minimum Gasteiger partial charge on any atom is -0.268 e. The lowest BCUT2D eigenvalue weighted by Gasteiger charge is -2.04. The van der Waals surface area contributed by atoms with E-state index in [-0.39, 0.29) is 0 Å². The van der Waals surface area contributed by atoms with E-state index in [0.717, 1.165) is 15.1 Å². The first-order valence-electron chi connectivity index (χ1n) is 4.17. The summed E-state index contributed by atoms with van der Waals surface area (Å²) in [7, 11) is 0. The number of halogens is 2. The highest BCUT2D eigenvalue weighted by Gasteiger charge is 2.01. The summed E-state index contributed by atoms with van der Waals surface area (Å²) in [5.74, 6) is 0. The highest BCUT2D eigenvalue weighted by atomic mass is 79.9. The Morgan fingerprint density at radius 1 is 1.43 bits per heavy atom. The lowest BCUT2D eigenvalue weighted by atomic mass is 10.2. The minimum absolute atomic E-state index is 0.707. The number of benzene rings is 1. The topological polar surface area (TPSA) is 17.8 Å². The summed E-state index contributed by atoms with van der Waals surface area (Å²) < 4.78 is 2.83. The van der Waals surface area contributed by atoms with E-state index in [1.165, 1.54) is 0 Å². The van der Waals surface area contributed by atoms with E-state index < -0.39 is 0 Å². The van der Waals surface area contributed by atoms with Gasteiger partial charge in [0.2, 0.25) is 0 Å². The molecule has 0 fully saturated rings. The van der Waals surface area contributed by atoms with E-state index in [1.54, 1.807) is 6.20 Å². The molecule has 0 aliphatic rings. The molecule has 0 atom stereocenters. The molecule has 2 nitrogen and oxygen atoms in total. The molecule has 2 aromatic rings. The predicted octanol–water partition coefficient (Wildman–Crippen LogP) is 3.35. The summed E-state index contributed by atoms with van der Waals surface area (Å²) in [6.45, 7) is 0.707. The summed E-state index contributed by atoms with van der Waals surface area (Å²) in [4.78, 5) is 0. The Labute approximate surface area is 95.6 Å². The minimum atomic E-state index is 0.707. The van der Waals surface area contributed by atoms with Crippen LogP contribution in [0.1, 0.15) is 5.56 Å². The maximum absolute atomic E-state index is 6.08. The van der Waals surface area contributed by atoms with Gasteiger partial charge in [0, 0.05) is 21.9 Å². The highest BCUT2D eigenvalue weighted by Crippen LogP contribution is 2.21. The average Bonchev–Trinajstić information content (AvgIpc) is 2.62. The Balaban J connectivity index is 2.25. The summed E-state index contributed by atoms with van der Waals surface area (Å²) >= 11 is 9.44. The normalized spacial score (nSPS) is 10.4. The third kappa shape index (κ3) is 2.16. The first kappa shape index (κ1) is 9.74. The molecular formula is C10H8BrClN2. The molecule has 0 aliphatic carbocycles. The van der Waals surface area contributed by atoms with Crippen molar-refractivity contribution in [1.29, 1.82) is 0 Å². The van der Waals surface area contributed by atoms with Gasteiger partial charge in [0.15, 0.2) is 0 Å². The van der Waals surface area contributed by atoms with Crippen LogP contribution in [0, 0.1) is 0 Å². The van der Waals surface area contributed by atoms with Crippen molar-refractivity contribution in [1.82, 2.24) is 9.78 Å². The van der Waals surface area contributed by atoms with Gasteiger partial charge in [0.1, 0.15) is 0 Å². The molecule has 1 aromatic carbocycles. The van der Waals surface area contributed by atoms with Gasteiger partial charge >= 0.3 is 0 Å². The van der Waals surface area contributed by atoms with Crippen molar-refractivity contribution in [2.75, 3.05) is 0 Å². The van der Waals surface area contributed by atoms with E-state index in [9.17, 15) is 0 Å². The quantitative estimate of drug-likeness (QED) is 0.819. The summed E-state index contributed by atoms with van der Waals surface area (Å²) in [5.41, 5.74) is 1.07. The second-order valence-corrected chi connectivity index (χ2v) is 4.26. The van der Waals surface area contributed by atoms with Crippen LogP contribution in [0.4, 0.5) is 0 Å². The number of hydrogen-bond acceptors (Lipinski definition) is 1. The SMILES string of the molecule is Clc1cc(Br)ccc1Cn1cccn1. The van der Waals surface area contributed by atoms with Crippen LogP contribution < -0.4 is 0 Å². The van der Waals surface area contributed by atoms with Gasteiger partial charge in [-0.3, -0.25) is 4.68 Å². The number of hydrogen-bond donors (Lipinski definition) is 0. The molecular weight excluding hydrogens is 263 g/mol. The molecule has 0 saturated carbocycles. The fourth-order valence-corrected chi connectivity index (χ4v) is 1.95. The van der Waals surface area contributed by atoms with Crippen LogP contribution in [-0.2, 0) is 6.54 Å². The highest BCUT2D eigenvalue weighted by molar-refractivity contribution is 9.10. The third-order valence-electron chi connectivity index (χ3n) is 1.91. The first-order chi connectivity index (χ1) is 6.75. The number of rotatable bonds is 2. The van der Waals surface area contributed by atoms with E-state index in [2.05, 4.69) is 21.0 Å². The van der Waals surface area contributed by atoms with E-state index in [4.69, 9.17) is 11.6 Å². The lowest BCUT2D eigenvalue weighted by molar-refractivity contribution is 0.687. The Morgan fingerprint density at radius 2 is 2.29 bits per heavy atom. The van der Waals surface area contributed by atoms with Crippen molar-refractivity contribution >= 4 is 27.5 Å². The Kier molecular flexibility index (Phi) is 2.89. The van der Waals surface area contributed by atoms with Crippen molar-refractivity contribution in [3.05, 3.63) is 51.7 Å². The molecule has 4 heteroatoms. The first-order valence-corrected chi connectivity index (χ1v) is 5.34. The van der Waals surface area contributed by atoms with E-state index >= 15 is 0 Å². The van der Waals surface area contributed by atoms with Gasteiger partial charge < -0.3 is 0 Å². The molecule has 0 radical (unpaired) electrons. The smallest absolute Gasteiger partial charge is 0.0673 e. The molecule has 0 N–H and O–H groups in total. The third-order valence-corrected chi connectivity index (χ3v) is 2.75. The largest absolute Gasteiger partial charge is 0.268 e. The van der Waals surface area contributed by atoms with Crippen molar-refractivity contribution in [2.45, 2.75) is 6.54 Å². The van der Waals surface area contributed by atoms with Crippen molar-refractivity contribution in [2.24, 2.45) is 0 Å². The summed E-state index contributed by atoms with van der Waals surface area (Å²) in [6.07, 6.45) is 3.67. The standard InChI is InChI=1S/C10H8BrClN2/c11-9-3-2-8(10(12)6-9)7-14-5-1-4-13-14/h1-6H,7H2. The molecule has 72 valence electrons. The van der Waals surface area contributed by atoms with Gasteiger partial charge in [-0.25, -0.2) is 0 Å². The number of nitrogens with zero attached hydrogens (tertiary/aromatic N) is 2. The van der Waals surface area contributed by atoms with Crippen molar-refractivity contribution < 1.29 is 0 Å². The van der Waals surface area contributed by atoms with Gasteiger partial charge in [0.05, 0.1) is 6.54 Å². The lowest BCUT2D eigenvalue weighted by Crippen LogP contribution is -2.00. The molecule has 0 amide bonds. The van der Waals surface area contributed by atoms with Gasteiger partial charge in [-0.05, 0) is 23.8 Å². The molecule has 0 spiro atoms. The second kappa shape index (κ2) is 4.15. The maximum Gasteiger partial charge on any atom is 0.0673 e. The Morgan fingerprint density at radius 3 is 2.93 bits per heavy atom. The van der Waals surface area contributed by atoms with Gasteiger partial charge in [0.25, 0.3) is 0 Å². The Hall–Kier alpha value is -0.800. The molecule has 1 heterocycles. The van der Waals surface area contributed by atoms with Crippen LogP contribution in [0.15, 0.2) is 41.1 Å². The molecule has 0 saturated heterocycles. The summed E-state index contributed by atoms with van der Waals surface area (Å²) in [5, 5.41) is 4.88. The second-order valence-electron chi connectivity index (χ2n) is 2.94. The zero-order valence-corrected chi connectivity index (χ0v) is 9.66.